The standard InChI is InChI=1S/C22H28N4O4S/c1-15-12-16(2)21-17(13-15)23-22(31-21)25(7-3-6-24-8-10-30-11-9-24)20(29)14-26-18(27)4-5-19(26)28/h12-13H,3-11,14H2,1-2H3. The molecule has 0 spiro atoms. The summed E-state index contributed by atoms with van der Waals surface area (Å²) in [5, 5.41) is 0.620. The topological polar surface area (TPSA) is 83.0 Å². The first-order valence-electron chi connectivity index (χ1n) is 10.7. The first-order valence-corrected chi connectivity index (χ1v) is 11.6. The van der Waals surface area contributed by atoms with Crippen LogP contribution in [-0.2, 0) is 19.1 Å². The van der Waals surface area contributed by atoms with Gasteiger partial charge in [0.25, 0.3) is 0 Å². The number of amides is 3. The number of imide groups is 1. The second-order valence-electron chi connectivity index (χ2n) is 8.15. The minimum absolute atomic E-state index is 0.183. The number of fused-ring (bicyclic) bond motifs is 1. The molecule has 2 aliphatic rings. The molecule has 9 heteroatoms. The molecular weight excluding hydrogens is 416 g/mol. The van der Waals surface area contributed by atoms with Crippen molar-refractivity contribution in [2.75, 3.05) is 50.8 Å². The maximum absolute atomic E-state index is 13.2. The number of carbonyl (C=O) groups is 3. The number of nitrogens with zero attached hydrogens (tertiary/aromatic N) is 4. The van der Waals surface area contributed by atoms with E-state index in [1.54, 1.807) is 4.90 Å². The predicted octanol–water partition coefficient (Wildman–Crippen LogP) is 2.12. The number of benzene rings is 1. The van der Waals surface area contributed by atoms with Gasteiger partial charge in [-0.1, -0.05) is 17.4 Å². The highest BCUT2D eigenvalue weighted by molar-refractivity contribution is 7.22. The second kappa shape index (κ2) is 9.42. The number of aromatic nitrogens is 1. The Hall–Kier alpha value is -2.36. The van der Waals surface area contributed by atoms with Gasteiger partial charge in [0.15, 0.2) is 5.13 Å². The molecule has 8 nitrogen and oxygen atoms in total. The summed E-state index contributed by atoms with van der Waals surface area (Å²) in [6, 6.07) is 4.13. The van der Waals surface area contributed by atoms with Crippen molar-refractivity contribution in [1.82, 2.24) is 14.8 Å². The molecular formula is C22H28N4O4S. The van der Waals surface area contributed by atoms with Crippen molar-refractivity contribution in [2.24, 2.45) is 0 Å². The monoisotopic (exact) mass is 444 g/mol. The first-order chi connectivity index (χ1) is 14.9. The van der Waals surface area contributed by atoms with Crippen LogP contribution in [0.4, 0.5) is 5.13 Å². The van der Waals surface area contributed by atoms with Crippen LogP contribution in [0.1, 0.15) is 30.4 Å². The predicted molar refractivity (Wildman–Crippen MR) is 119 cm³/mol. The molecule has 0 aliphatic carbocycles. The van der Waals surface area contributed by atoms with Crippen molar-refractivity contribution in [1.29, 1.82) is 0 Å². The fourth-order valence-corrected chi connectivity index (χ4v) is 5.16. The number of thiazole rings is 1. The van der Waals surface area contributed by atoms with Crippen molar-refractivity contribution >= 4 is 44.4 Å². The van der Waals surface area contributed by atoms with Gasteiger partial charge in [-0.3, -0.25) is 29.1 Å². The molecule has 0 saturated carbocycles. The minimum Gasteiger partial charge on any atom is -0.379 e. The number of hydrogen-bond acceptors (Lipinski definition) is 7. The highest BCUT2D eigenvalue weighted by atomic mass is 32.1. The van der Waals surface area contributed by atoms with Crippen molar-refractivity contribution in [3.8, 4) is 0 Å². The van der Waals surface area contributed by atoms with Gasteiger partial charge in [0, 0.05) is 39.0 Å². The summed E-state index contributed by atoms with van der Waals surface area (Å²) in [6.45, 7) is 8.46. The van der Waals surface area contributed by atoms with Crippen molar-refractivity contribution < 1.29 is 19.1 Å². The molecule has 31 heavy (non-hydrogen) atoms. The summed E-state index contributed by atoms with van der Waals surface area (Å²) in [5.74, 6) is -0.816. The van der Waals surface area contributed by atoms with Crippen LogP contribution in [0.25, 0.3) is 10.2 Å². The lowest BCUT2D eigenvalue weighted by atomic mass is 10.1. The third-order valence-corrected chi connectivity index (χ3v) is 6.98. The Kier molecular flexibility index (Phi) is 6.64. The lowest BCUT2D eigenvalue weighted by Gasteiger charge is -2.28. The van der Waals surface area contributed by atoms with Crippen molar-refractivity contribution in [3.63, 3.8) is 0 Å². The van der Waals surface area contributed by atoms with E-state index in [1.165, 1.54) is 11.3 Å². The van der Waals surface area contributed by atoms with Crippen LogP contribution in [0, 0.1) is 13.8 Å². The summed E-state index contributed by atoms with van der Waals surface area (Å²) in [5.41, 5.74) is 3.13. The van der Waals surface area contributed by atoms with Crippen LogP contribution in [0.5, 0.6) is 0 Å². The summed E-state index contributed by atoms with van der Waals surface area (Å²) in [4.78, 5) is 47.1. The van der Waals surface area contributed by atoms with Gasteiger partial charge in [0.1, 0.15) is 6.54 Å². The van der Waals surface area contributed by atoms with Gasteiger partial charge in [0.2, 0.25) is 17.7 Å². The minimum atomic E-state index is -0.276. The van der Waals surface area contributed by atoms with Crippen LogP contribution in [0.3, 0.4) is 0 Å². The molecule has 2 fully saturated rings. The first kappa shape index (κ1) is 21.9. The van der Waals surface area contributed by atoms with Gasteiger partial charge in [-0.05, 0) is 37.5 Å². The van der Waals surface area contributed by atoms with E-state index < -0.39 is 0 Å². The summed E-state index contributed by atoms with van der Waals surface area (Å²) in [7, 11) is 0. The second-order valence-corrected chi connectivity index (χ2v) is 9.13. The molecule has 1 aromatic carbocycles. The molecule has 0 radical (unpaired) electrons. The third-order valence-electron chi connectivity index (χ3n) is 5.75. The normalized spacial score (nSPS) is 17.7. The number of anilines is 1. The van der Waals surface area contributed by atoms with E-state index in [0.717, 1.165) is 65.5 Å². The molecule has 2 aromatic rings. The average Bonchev–Trinajstić information content (AvgIpc) is 3.30. The number of rotatable bonds is 7. The van der Waals surface area contributed by atoms with E-state index in [2.05, 4.69) is 11.0 Å². The molecule has 0 atom stereocenters. The number of carbonyl (C=O) groups excluding carboxylic acids is 3. The maximum Gasteiger partial charge on any atom is 0.248 e. The van der Waals surface area contributed by atoms with Crippen molar-refractivity contribution in [3.05, 3.63) is 23.3 Å². The number of aryl methyl sites for hydroxylation is 2. The molecule has 0 unspecified atom stereocenters. The molecule has 0 N–H and O–H groups in total. The van der Waals surface area contributed by atoms with Gasteiger partial charge in [-0.25, -0.2) is 4.98 Å². The largest absolute Gasteiger partial charge is 0.379 e. The third kappa shape index (κ3) is 4.94. The zero-order valence-electron chi connectivity index (χ0n) is 18.1. The SMILES string of the molecule is Cc1cc(C)c2sc(N(CCCN3CCOCC3)C(=O)CN3C(=O)CCC3=O)nc2c1. The molecule has 2 saturated heterocycles. The Morgan fingerprint density at radius 3 is 2.58 bits per heavy atom. The Bertz CT molecular complexity index is 983. The maximum atomic E-state index is 13.2. The summed E-state index contributed by atoms with van der Waals surface area (Å²) >= 11 is 1.49. The van der Waals surface area contributed by atoms with Crippen LogP contribution in [-0.4, -0.2) is 78.4 Å². The highest BCUT2D eigenvalue weighted by Crippen LogP contribution is 2.32. The van der Waals surface area contributed by atoms with E-state index >= 15 is 0 Å². The number of morpholine rings is 1. The van der Waals surface area contributed by atoms with Crippen LogP contribution >= 0.6 is 11.3 Å². The quantitative estimate of drug-likeness (QED) is 0.609. The average molecular weight is 445 g/mol. The molecule has 3 amide bonds. The molecule has 4 rings (SSSR count). The van der Waals surface area contributed by atoms with Gasteiger partial charge < -0.3 is 4.74 Å². The van der Waals surface area contributed by atoms with Crippen LogP contribution < -0.4 is 4.90 Å². The van der Waals surface area contributed by atoms with E-state index in [9.17, 15) is 14.4 Å². The van der Waals surface area contributed by atoms with E-state index in [1.807, 2.05) is 19.9 Å². The van der Waals surface area contributed by atoms with Gasteiger partial charge in [-0.15, -0.1) is 0 Å². The lowest BCUT2D eigenvalue weighted by molar-refractivity contribution is -0.141. The molecule has 0 bridgehead atoms. The van der Waals surface area contributed by atoms with Crippen molar-refractivity contribution in [2.45, 2.75) is 33.1 Å². The summed E-state index contributed by atoms with van der Waals surface area (Å²) in [6.07, 6.45) is 1.15. The fourth-order valence-electron chi connectivity index (χ4n) is 4.10. The fraction of sp³-hybridized carbons (Fsp3) is 0.545. The van der Waals surface area contributed by atoms with E-state index in [4.69, 9.17) is 9.72 Å². The Balaban J connectivity index is 1.54. The van der Waals surface area contributed by atoms with Gasteiger partial charge in [0.05, 0.1) is 23.4 Å². The zero-order valence-corrected chi connectivity index (χ0v) is 18.9. The lowest BCUT2D eigenvalue weighted by Crippen LogP contribution is -2.44. The van der Waals surface area contributed by atoms with Gasteiger partial charge in [-0.2, -0.15) is 0 Å². The molecule has 2 aliphatic heterocycles. The number of likely N-dealkylation sites (tertiary alicyclic amines) is 1. The number of ether oxygens (including phenoxy) is 1. The molecule has 3 heterocycles. The molecule has 1 aromatic heterocycles. The smallest absolute Gasteiger partial charge is 0.248 e. The van der Waals surface area contributed by atoms with E-state index in [-0.39, 0.29) is 37.1 Å². The number of hydrogen-bond donors (Lipinski definition) is 0. The Morgan fingerprint density at radius 2 is 1.87 bits per heavy atom. The molecule has 166 valence electrons. The van der Waals surface area contributed by atoms with Crippen LogP contribution in [0.2, 0.25) is 0 Å². The van der Waals surface area contributed by atoms with Gasteiger partial charge >= 0.3 is 0 Å². The Labute approximate surface area is 185 Å². The Morgan fingerprint density at radius 1 is 1.16 bits per heavy atom. The van der Waals surface area contributed by atoms with E-state index in [0.29, 0.717) is 11.7 Å². The summed E-state index contributed by atoms with van der Waals surface area (Å²) < 4.78 is 6.46. The zero-order chi connectivity index (χ0) is 22.0. The highest BCUT2D eigenvalue weighted by Gasteiger charge is 2.32. The van der Waals surface area contributed by atoms with Crippen LogP contribution in [0.15, 0.2) is 12.1 Å².